The van der Waals surface area contributed by atoms with Gasteiger partial charge in [0.1, 0.15) is 34.6 Å². The highest BCUT2D eigenvalue weighted by atomic mass is 16.6. The number of nitrogens with one attached hydrogen (secondary N) is 2. The quantitative estimate of drug-likeness (QED) is 0.0909. The van der Waals surface area contributed by atoms with Crippen LogP contribution in [0.4, 0.5) is 11.4 Å². The molecule has 6 aromatic carbocycles. The van der Waals surface area contributed by atoms with Gasteiger partial charge in [0.2, 0.25) is 0 Å². The number of rotatable bonds is 12. The third-order valence-electron chi connectivity index (χ3n) is 9.36. The van der Waals surface area contributed by atoms with Crippen molar-refractivity contribution in [2.45, 2.75) is 0 Å². The lowest BCUT2D eigenvalue weighted by molar-refractivity contribution is -0.385. The van der Waals surface area contributed by atoms with E-state index in [1.165, 1.54) is 24.3 Å². The molecule has 57 heavy (non-hydrogen) atoms. The summed E-state index contributed by atoms with van der Waals surface area (Å²) in [5, 5.41) is 22.6. The van der Waals surface area contributed by atoms with Crippen LogP contribution in [-0.4, -0.2) is 44.0 Å². The molecular weight excluding hydrogens is 725 g/mol. The SMILES string of the molecule is COc1ccc(-c2nc(-c3ccc(Oc4ccc(-c5nc(-c6ccc(OC)cc6)[nH]c5-c5ccc([N+](=O)[O-])cc5)cc4)cc3)c(-c3ccc([N+](=O)[O-])cc3)[nH]2)cc1. The van der Waals surface area contributed by atoms with E-state index in [1.807, 2.05) is 97.1 Å². The number of aromatic nitrogens is 4. The number of imidazole rings is 2. The monoisotopic (exact) mass is 756 g/mol. The summed E-state index contributed by atoms with van der Waals surface area (Å²) >= 11 is 0. The van der Waals surface area contributed by atoms with Crippen LogP contribution in [0.5, 0.6) is 23.0 Å². The van der Waals surface area contributed by atoms with Gasteiger partial charge in [-0.1, -0.05) is 0 Å². The summed E-state index contributed by atoms with van der Waals surface area (Å²) in [6.45, 7) is 0. The fourth-order valence-corrected chi connectivity index (χ4v) is 6.35. The van der Waals surface area contributed by atoms with E-state index < -0.39 is 9.85 Å². The van der Waals surface area contributed by atoms with Gasteiger partial charge in [-0.05, 0) is 121 Å². The topological polar surface area (TPSA) is 171 Å². The maximum absolute atomic E-state index is 11.3. The summed E-state index contributed by atoms with van der Waals surface area (Å²) in [5.41, 5.74) is 7.56. The zero-order valence-electron chi connectivity index (χ0n) is 30.5. The Balaban J connectivity index is 1.07. The predicted octanol–water partition coefficient (Wildman–Crippen LogP) is 10.8. The minimum atomic E-state index is -0.428. The number of ether oxygens (including phenoxy) is 3. The number of non-ortho nitro benzene ring substituents is 2. The second kappa shape index (κ2) is 15.4. The number of nitro groups is 2. The van der Waals surface area contributed by atoms with Gasteiger partial charge in [-0.2, -0.15) is 0 Å². The van der Waals surface area contributed by atoms with Gasteiger partial charge in [0.25, 0.3) is 11.4 Å². The van der Waals surface area contributed by atoms with Crippen LogP contribution in [0.2, 0.25) is 0 Å². The van der Waals surface area contributed by atoms with Crippen LogP contribution in [-0.2, 0) is 0 Å². The molecule has 8 rings (SSSR count). The lowest BCUT2D eigenvalue weighted by Crippen LogP contribution is -1.89. The molecule has 0 saturated heterocycles. The van der Waals surface area contributed by atoms with Crippen molar-refractivity contribution < 1.29 is 24.1 Å². The Bertz CT molecular complexity index is 2500. The van der Waals surface area contributed by atoms with Gasteiger partial charge in [0, 0.05) is 57.6 Å². The summed E-state index contributed by atoms with van der Waals surface area (Å²) in [5.74, 6) is 3.90. The molecule has 0 aliphatic heterocycles. The average molecular weight is 757 g/mol. The lowest BCUT2D eigenvalue weighted by Gasteiger charge is -2.09. The molecule has 0 spiro atoms. The summed E-state index contributed by atoms with van der Waals surface area (Å²) in [6.07, 6.45) is 0. The largest absolute Gasteiger partial charge is 0.497 e. The first kappa shape index (κ1) is 35.9. The Hall–Kier alpha value is -8.06. The highest BCUT2D eigenvalue weighted by Gasteiger charge is 2.19. The maximum atomic E-state index is 11.3. The van der Waals surface area contributed by atoms with Crippen molar-refractivity contribution in [1.29, 1.82) is 0 Å². The van der Waals surface area contributed by atoms with Crippen molar-refractivity contribution in [3.63, 3.8) is 0 Å². The van der Waals surface area contributed by atoms with Crippen LogP contribution in [0.3, 0.4) is 0 Å². The van der Waals surface area contributed by atoms with Crippen LogP contribution in [0.25, 0.3) is 67.8 Å². The van der Waals surface area contributed by atoms with Crippen LogP contribution >= 0.6 is 0 Å². The summed E-state index contributed by atoms with van der Waals surface area (Å²) in [6, 6.07) is 42.8. The van der Waals surface area contributed by atoms with E-state index in [4.69, 9.17) is 24.2 Å². The average Bonchev–Trinajstić information content (AvgIpc) is 3.91. The Labute approximate surface area is 325 Å². The van der Waals surface area contributed by atoms with Gasteiger partial charge in [-0.3, -0.25) is 20.2 Å². The Kier molecular flexibility index (Phi) is 9.68. The number of nitro benzene ring substituents is 2. The molecule has 0 unspecified atom stereocenters. The minimum absolute atomic E-state index is 0.00247. The van der Waals surface area contributed by atoms with Gasteiger partial charge >= 0.3 is 0 Å². The first-order valence-electron chi connectivity index (χ1n) is 17.6. The van der Waals surface area contributed by atoms with E-state index in [-0.39, 0.29) is 11.4 Å². The van der Waals surface area contributed by atoms with Crippen molar-refractivity contribution in [1.82, 2.24) is 19.9 Å². The number of benzene rings is 6. The molecule has 0 aliphatic rings. The molecule has 13 nitrogen and oxygen atoms in total. The molecule has 8 aromatic rings. The Morgan fingerprint density at radius 1 is 0.421 bits per heavy atom. The third-order valence-corrected chi connectivity index (χ3v) is 9.36. The number of aromatic amines is 2. The number of hydrogen-bond acceptors (Lipinski definition) is 9. The molecule has 0 atom stereocenters. The molecule has 0 amide bonds. The fourth-order valence-electron chi connectivity index (χ4n) is 6.35. The van der Waals surface area contributed by atoms with Crippen molar-refractivity contribution in [3.8, 4) is 90.8 Å². The molecule has 2 N–H and O–H groups in total. The van der Waals surface area contributed by atoms with Gasteiger partial charge in [-0.25, -0.2) is 9.97 Å². The number of nitrogens with zero attached hydrogens (tertiary/aromatic N) is 4. The Morgan fingerprint density at radius 2 is 0.719 bits per heavy atom. The second-order valence-corrected chi connectivity index (χ2v) is 12.8. The first-order valence-corrected chi connectivity index (χ1v) is 17.6. The number of H-pyrrole nitrogens is 2. The van der Waals surface area contributed by atoms with E-state index in [2.05, 4.69) is 9.97 Å². The van der Waals surface area contributed by atoms with Crippen LogP contribution in [0.15, 0.2) is 146 Å². The maximum Gasteiger partial charge on any atom is 0.269 e. The molecule has 0 saturated carbocycles. The van der Waals surface area contributed by atoms with E-state index in [0.29, 0.717) is 45.9 Å². The molecule has 280 valence electrons. The minimum Gasteiger partial charge on any atom is -0.497 e. The number of hydrogen-bond donors (Lipinski definition) is 2. The molecule has 0 bridgehead atoms. The molecule has 13 heteroatoms. The summed E-state index contributed by atoms with van der Waals surface area (Å²) < 4.78 is 16.9. The molecular formula is C44H32N6O7. The van der Waals surface area contributed by atoms with E-state index >= 15 is 0 Å². The zero-order chi connectivity index (χ0) is 39.5. The standard InChI is InChI=1S/C44H32N6O7/c1-55-35-19-11-31(12-20-35)43-45-39(27-3-15-33(16-4-27)49(51)52)41(47-43)29-7-23-37(24-8-29)57-38-25-9-30(10-26-38)42-40(28-5-17-34(18-6-28)50(53)54)46-44(48-42)32-13-21-36(56-2)22-14-32/h3-26H,1-2H3,(H,45,47)(H,46,48). The second-order valence-electron chi connectivity index (χ2n) is 12.8. The number of methoxy groups -OCH3 is 2. The van der Waals surface area contributed by atoms with E-state index in [9.17, 15) is 20.2 Å². The van der Waals surface area contributed by atoms with Crippen molar-refractivity contribution in [3.05, 3.63) is 166 Å². The summed E-state index contributed by atoms with van der Waals surface area (Å²) in [7, 11) is 3.22. The zero-order valence-corrected chi connectivity index (χ0v) is 30.5. The van der Waals surface area contributed by atoms with E-state index in [0.717, 1.165) is 44.9 Å². The van der Waals surface area contributed by atoms with Crippen LogP contribution in [0, 0.1) is 20.2 Å². The van der Waals surface area contributed by atoms with Crippen LogP contribution < -0.4 is 14.2 Å². The molecule has 0 fully saturated rings. The van der Waals surface area contributed by atoms with Gasteiger partial charge in [-0.15, -0.1) is 0 Å². The smallest absolute Gasteiger partial charge is 0.269 e. The van der Waals surface area contributed by atoms with Gasteiger partial charge < -0.3 is 24.2 Å². The molecule has 0 aliphatic carbocycles. The lowest BCUT2D eigenvalue weighted by atomic mass is 10.0. The normalized spacial score (nSPS) is 10.9. The fraction of sp³-hybridized carbons (Fsp3) is 0.0455. The third kappa shape index (κ3) is 7.53. The summed E-state index contributed by atoms with van der Waals surface area (Å²) in [4.78, 5) is 38.5. The molecule has 2 aromatic heterocycles. The van der Waals surface area contributed by atoms with Crippen molar-refractivity contribution in [2.75, 3.05) is 14.2 Å². The first-order chi connectivity index (χ1) is 27.8. The van der Waals surface area contributed by atoms with Crippen LogP contribution in [0.1, 0.15) is 0 Å². The van der Waals surface area contributed by atoms with Crippen molar-refractivity contribution in [2.24, 2.45) is 0 Å². The van der Waals surface area contributed by atoms with E-state index in [1.54, 1.807) is 38.5 Å². The molecule has 0 radical (unpaired) electrons. The highest BCUT2D eigenvalue weighted by molar-refractivity contribution is 5.83. The molecule has 2 heterocycles. The van der Waals surface area contributed by atoms with Gasteiger partial charge in [0.15, 0.2) is 0 Å². The Morgan fingerprint density at radius 3 is 1.04 bits per heavy atom. The van der Waals surface area contributed by atoms with Crippen molar-refractivity contribution >= 4 is 11.4 Å². The predicted molar refractivity (Wildman–Crippen MR) is 216 cm³/mol. The van der Waals surface area contributed by atoms with Gasteiger partial charge in [0.05, 0.1) is 46.8 Å². The highest BCUT2D eigenvalue weighted by Crippen LogP contribution is 2.38.